The standard InChI is InChI=1S/C31H44N6O2/c1-30(2,3)20-36-24-13-12-23(34-27(24)35(6)29(36)39)21-14-15-31(4,5)25(18-21)37(26-11-7-8-17-33-26)28(38)22-10-9-16-32-19-22/h7-8,11-13,17,21-22,25,32H,9-10,14-16,18-20H2,1-6H3. The van der Waals surface area contributed by atoms with Crippen LogP contribution < -0.4 is 15.9 Å². The molecule has 0 aromatic carbocycles. The summed E-state index contributed by atoms with van der Waals surface area (Å²) in [7, 11) is 1.81. The number of imidazole rings is 1. The minimum atomic E-state index is -0.0707. The average Bonchev–Trinajstić information content (AvgIpc) is 3.14. The number of anilines is 1. The van der Waals surface area contributed by atoms with Gasteiger partial charge in [-0.1, -0.05) is 40.7 Å². The highest BCUT2D eigenvalue weighted by molar-refractivity contribution is 5.95. The van der Waals surface area contributed by atoms with Crippen LogP contribution in [0.1, 0.15) is 78.3 Å². The zero-order valence-corrected chi connectivity index (χ0v) is 24.4. The predicted octanol–water partition coefficient (Wildman–Crippen LogP) is 4.87. The van der Waals surface area contributed by atoms with Crippen LogP contribution >= 0.6 is 0 Å². The number of rotatable bonds is 5. The van der Waals surface area contributed by atoms with E-state index in [1.54, 1.807) is 10.8 Å². The van der Waals surface area contributed by atoms with Gasteiger partial charge in [0.25, 0.3) is 0 Å². The molecule has 39 heavy (non-hydrogen) atoms. The van der Waals surface area contributed by atoms with E-state index in [4.69, 9.17) is 4.98 Å². The van der Waals surface area contributed by atoms with E-state index in [2.05, 4.69) is 57.1 Å². The zero-order valence-electron chi connectivity index (χ0n) is 24.4. The van der Waals surface area contributed by atoms with E-state index >= 15 is 0 Å². The third kappa shape index (κ3) is 5.53. The Morgan fingerprint density at radius 1 is 1.18 bits per heavy atom. The molecule has 0 radical (unpaired) electrons. The van der Waals surface area contributed by atoms with Gasteiger partial charge in [-0.25, -0.2) is 14.8 Å². The maximum Gasteiger partial charge on any atom is 0.330 e. The number of amides is 1. The molecule has 8 heteroatoms. The molecule has 8 nitrogen and oxygen atoms in total. The Morgan fingerprint density at radius 2 is 1.97 bits per heavy atom. The van der Waals surface area contributed by atoms with Crippen LogP contribution in [0.3, 0.4) is 0 Å². The second kappa shape index (κ2) is 10.5. The van der Waals surface area contributed by atoms with Crippen molar-refractivity contribution in [2.75, 3.05) is 18.0 Å². The fourth-order valence-electron chi connectivity index (χ4n) is 6.47. The van der Waals surface area contributed by atoms with Crippen LogP contribution in [-0.2, 0) is 18.4 Å². The van der Waals surface area contributed by atoms with E-state index in [1.165, 1.54) is 0 Å². The Hall–Kier alpha value is -3.00. The van der Waals surface area contributed by atoms with Crippen LogP contribution in [0.15, 0.2) is 41.3 Å². The molecule has 2 fully saturated rings. The first kappa shape index (κ1) is 27.6. The van der Waals surface area contributed by atoms with Crippen LogP contribution in [0.25, 0.3) is 11.2 Å². The molecule has 3 unspecified atom stereocenters. The van der Waals surface area contributed by atoms with Crippen molar-refractivity contribution in [3.05, 3.63) is 52.7 Å². The first-order valence-corrected chi connectivity index (χ1v) is 14.5. The summed E-state index contributed by atoms with van der Waals surface area (Å²) in [4.78, 5) is 38.9. The van der Waals surface area contributed by atoms with Crippen molar-refractivity contribution in [2.45, 2.75) is 85.2 Å². The largest absolute Gasteiger partial charge is 0.330 e. The maximum absolute atomic E-state index is 14.1. The highest BCUT2D eigenvalue weighted by Gasteiger charge is 2.44. The van der Waals surface area contributed by atoms with Gasteiger partial charge >= 0.3 is 5.69 Å². The summed E-state index contributed by atoms with van der Waals surface area (Å²) in [6.07, 6.45) is 6.48. The Morgan fingerprint density at radius 3 is 2.64 bits per heavy atom. The SMILES string of the molecule is Cn1c(=O)n(CC(C)(C)C)c2ccc(C3CCC(C)(C)C(N(C(=O)C4CCCNC4)c4ccccn4)C3)nc21. The fourth-order valence-corrected chi connectivity index (χ4v) is 6.47. The predicted molar refractivity (Wildman–Crippen MR) is 156 cm³/mol. The minimum Gasteiger partial charge on any atom is -0.316 e. The molecule has 3 aromatic heterocycles. The number of aryl methyl sites for hydroxylation is 1. The number of nitrogens with one attached hydrogen (secondary N) is 1. The summed E-state index contributed by atoms with van der Waals surface area (Å²) in [5.41, 5.74) is 2.49. The second-order valence-electron chi connectivity index (χ2n) is 13.5. The Kier molecular flexibility index (Phi) is 7.44. The van der Waals surface area contributed by atoms with E-state index < -0.39 is 0 Å². The third-order valence-electron chi connectivity index (χ3n) is 8.69. The maximum atomic E-state index is 14.1. The van der Waals surface area contributed by atoms with Crippen LogP contribution in [0.2, 0.25) is 0 Å². The summed E-state index contributed by atoms with van der Waals surface area (Å²) >= 11 is 0. The Bertz CT molecular complexity index is 1380. The highest BCUT2D eigenvalue weighted by atomic mass is 16.2. The highest BCUT2D eigenvalue weighted by Crippen LogP contribution is 2.46. The summed E-state index contributed by atoms with van der Waals surface area (Å²) in [5, 5.41) is 3.42. The zero-order chi connectivity index (χ0) is 27.9. The fraction of sp³-hybridized carbons (Fsp3) is 0.613. The van der Waals surface area contributed by atoms with Gasteiger partial charge in [-0.05, 0) is 73.7 Å². The van der Waals surface area contributed by atoms with Crippen molar-refractivity contribution >= 4 is 22.9 Å². The molecule has 3 aromatic rings. The van der Waals surface area contributed by atoms with Crippen molar-refractivity contribution in [1.82, 2.24) is 24.4 Å². The summed E-state index contributed by atoms with van der Waals surface area (Å²) in [5.74, 6) is 1.06. The van der Waals surface area contributed by atoms with Crippen LogP contribution in [0.4, 0.5) is 5.82 Å². The van der Waals surface area contributed by atoms with Gasteiger partial charge in [-0.15, -0.1) is 0 Å². The molecule has 2 aliphatic rings. The minimum absolute atomic E-state index is 0.00705. The molecule has 4 heterocycles. The van der Waals surface area contributed by atoms with E-state index in [0.717, 1.165) is 67.9 Å². The molecular formula is C31H44N6O2. The van der Waals surface area contributed by atoms with Gasteiger partial charge < -0.3 is 5.32 Å². The monoisotopic (exact) mass is 532 g/mol. The van der Waals surface area contributed by atoms with Gasteiger partial charge in [0.1, 0.15) is 5.82 Å². The van der Waals surface area contributed by atoms with Gasteiger partial charge in [0.2, 0.25) is 5.91 Å². The third-order valence-corrected chi connectivity index (χ3v) is 8.69. The average molecular weight is 533 g/mol. The number of carbonyl (C=O) groups is 1. The molecule has 0 bridgehead atoms. The quantitative estimate of drug-likeness (QED) is 0.507. The number of hydrogen-bond acceptors (Lipinski definition) is 5. The van der Waals surface area contributed by atoms with Crippen molar-refractivity contribution in [3.63, 3.8) is 0 Å². The van der Waals surface area contributed by atoms with Crippen molar-refractivity contribution < 1.29 is 4.79 Å². The molecule has 1 aliphatic carbocycles. The van der Waals surface area contributed by atoms with Crippen LogP contribution in [0, 0.1) is 16.7 Å². The van der Waals surface area contributed by atoms with E-state index in [0.29, 0.717) is 6.54 Å². The second-order valence-corrected chi connectivity index (χ2v) is 13.5. The summed E-state index contributed by atoms with van der Waals surface area (Å²) in [6.45, 7) is 13.3. The molecule has 5 rings (SSSR count). The van der Waals surface area contributed by atoms with E-state index in [9.17, 15) is 9.59 Å². The van der Waals surface area contributed by atoms with E-state index in [-0.39, 0.29) is 40.3 Å². The lowest BCUT2D eigenvalue weighted by atomic mass is 9.67. The lowest BCUT2D eigenvalue weighted by Gasteiger charge is -2.48. The van der Waals surface area contributed by atoms with E-state index in [1.807, 2.05) is 34.7 Å². The van der Waals surface area contributed by atoms with Gasteiger partial charge in [0, 0.05) is 44.0 Å². The van der Waals surface area contributed by atoms with Gasteiger partial charge in [0.05, 0.1) is 11.4 Å². The van der Waals surface area contributed by atoms with Gasteiger partial charge in [-0.3, -0.25) is 18.8 Å². The molecule has 1 amide bonds. The molecular weight excluding hydrogens is 488 g/mol. The van der Waals surface area contributed by atoms with Crippen molar-refractivity contribution in [2.24, 2.45) is 23.8 Å². The first-order valence-electron chi connectivity index (χ1n) is 14.5. The summed E-state index contributed by atoms with van der Waals surface area (Å²) < 4.78 is 3.52. The Labute approximate surface area is 231 Å². The smallest absolute Gasteiger partial charge is 0.316 e. The summed E-state index contributed by atoms with van der Waals surface area (Å²) in [6, 6.07) is 9.98. The number of hydrogen-bond donors (Lipinski definition) is 1. The number of piperidine rings is 1. The van der Waals surface area contributed by atoms with Gasteiger partial charge in [-0.2, -0.15) is 0 Å². The number of pyridine rings is 2. The lowest BCUT2D eigenvalue weighted by Crippen LogP contribution is -2.55. The molecule has 1 saturated heterocycles. The van der Waals surface area contributed by atoms with Gasteiger partial charge in [0.15, 0.2) is 5.65 Å². The molecule has 3 atom stereocenters. The molecule has 1 N–H and O–H groups in total. The normalized spacial score (nSPS) is 23.6. The van der Waals surface area contributed by atoms with Crippen molar-refractivity contribution in [1.29, 1.82) is 0 Å². The molecule has 0 spiro atoms. The molecule has 1 aliphatic heterocycles. The number of fused-ring (bicyclic) bond motifs is 1. The van der Waals surface area contributed by atoms with Crippen LogP contribution in [-0.4, -0.2) is 44.1 Å². The lowest BCUT2D eigenvalue weighted by molar-refractivity contribution is -0.124. The number of nitrogens with zero attached hydrogens (tertiary/aromatic N) is 5. The topological polar surface area (TPSA) is 85.0 Å². The molecule has 1 saturated carbocycles. The molecule has 210 valence electrons. The van der Waals surface area contributed by atoms with Crippen LogP contribution in [0.5, 0.6) is 0 Å². The first-order chi connectivity index (χ1) is 18.5. The van der Waals surface area contributed by atoms with Crippen molar-refractivity contribution in [3.8, 4) is 0 Å². The number of aromatic nitrogens is 4. The Balaban J connectivity index is 1.50. The number of carbonyl (C=O) groups excluding carboxylic acids is 1.